The number of hydrogen-bond acceptors (Lipinski definition) is 6. The molecule has 2 heterocycles. The number of fused-ring (bicyclic) bond motifs is 1. The monoisotopic (exact) mass is 612 g/mol. The molecule has 0 saturated heterocycles. The molecule has 0 aliphatic carbocycles. The van der Waals surface area contributed by atoms with Crippen molar-refractivity contribution in [2.24, 2.45) is 0 Å². The average molecular weight is 613 g/mol. The van der Waals surface area contributed by atoms with Crippen molar-refractivity contribution in [1.29, 1.82) is 0 Å². The van der Waals surface area contributed by atoms with E-state index < -0.39 is 41.1 Å². The van der Waals surface area contributed by atoms with Crippen LogP contribution in [0.5, 0.6) is 5.75 Å². The van der Waals surface area contributed by atoms with Crippen LogP contribution < -0.4 is 26.2 Å². The highest BCUT2D eigenvalue weighted by molar-refractivity contribution is 5.96. The molecule has 15 heteroatoms. The lowest BCUT2D eigenvalue weighted by Gasteiger charge is -2.16. The third-order valence-electron chi connectivity index (χ3n) is 6.31. The number of carboxylic acid groups (broad SMARTS) is 1. The SMILES string of the molecule is CNC(=O)/C=C/CCC(NC(=O)O)C(=O)Nc1cccn(Cc2nc3c(OCc4ccc(F)cc4F)cc(F)cc3[nH]2)c1=O. The molecule has 230 valence electrons. The molecule has 3 amide bonds. The summed E-state index contributed by atoms with van der Waals surface area (Å²) in [7, 11) is 1.45. The molecule has 0 aliphatic rings. The van der Waals surface area contributed by atoms with Crippen LogP contribution in [0.4, 0.5) is 23.7 Å². The minimum absolute atomic E-state index is 0.0123. The van der Waals surface area contributed by atoms with Gasteiger partial charge in [0, 0.05) is 30.9 Å². The lowest BCUT2D eigenvalue weighted by Crippen LogP contribution is -2.44. The van der Waals surface area contributed by atoms with E-state index in [-0.39, 0.29) is 65.8 Å². The van der Waals surface area contributed by atoms with E-state index >= 15 is 0 Å². The lowest BCUT2D eigenvalue weighted by molar-refractivity contribution is -0.118. The van der Waals surface area contributed by atoms with Gasteiger partial charge in [0.1, 0.15) is 47.1 Å². The predicted molar refractivity (Wildman–Crippen MR) is 153 cm³/mol. The van der Waals surface area contributed by atoms with Crippen molar-refractivity contribution >= 4 is 34.6 Å². The van der Waals surface area contributed by atoms with Crippen LogP contribution in [0.1, 0.15) is 24.2 Å². The van der Waals surface area contributed by atoms with E-state index in [4.69, 9.17) is 9.84 Å². The molecular formula is C29H27F3N6O6. The Hall–Kier alpha value is -5.60. The van der Waals surface area contributed by atoms with Crippen molar-refractivity contribution in [3.05, 3.63) is 100 Å². The molecule has 0 radical (unpaired) electrons. The van der Waals surface area contributed by atoms with Gasteiger partial charge in [0.05, 0.1) is 12.1 Å². The zero-order chi connectivity index (χ0) is 31.8. The van der Waals surface area contributed by atoms with E-state index in [0.29, 0.717) is 6.07 Å². The van der Waals surface area contributed by atoms with E-state index in [1.165, 1.54) is 48.2 Å². The third-order valence-corrected chi connectivity index (χ3v) is 6.31. The first-order valence-electron chi connectivity index (χ1n) is 13.2. The fraction of sp³-hybridized carbons (Fsp3) is 0.207. The Morgan fingerprint density at radius 3 is 2.66 bits per heavy atom. The number of carbonyl (C=O) groups excluding carboxylic acids is 2. The van der Waals surface area contributed by atoms with Gasteiger partial charge in [-0.05, 0) is 49.2 Å². The molecule has 4 rings (SSSR count). The van der Waals surface area contributed by atoms with Gasteiger partial charge in [0.2, 0.25) is 11.8 Å². The summed E-state index contributed by atoms with van der Waals surface area (Å²) in [5.41, 5.74) is -0.284. The van der Waals surface area contributed by atoms with Crippen molar-refractivity contribution in [2.75, 3.05) is 12.4 Å². The van der Waals surface area contributed by atoms with Gasteiger partial charge < -0.3 is 35.3 Å². The second-order valence-corrected chi connectivity index (χ2v) is 9.45. The number of aromatic nitrogens is 3. The molecule has 2 aromatic carbocycles. The Balaban J connectivity index is 1.50. The molecule has 1 atom stereocenters. The van der Waals surface area contributed by atoms with Crippen LogP contribution in [0, 0.1) is 17.5 Å². The van der Waals surface area contributed by atoms with Gasteiger partial charge in [-0.15, -0.1) is 0 Å². The van der Waals surface area contributed by atoms with E-state index in [2.05, 4.69) is 25.9 Å². The molecule has 2 aromatic heterocycles. The van der Waals surface area contributed by atoms with Crippen LogP contribution in [0.25, 0.3) is 11.0 Å². The van der Waals surface area contributed by atoms with Crippen molar-refractivity contribution in [3.8, 4) is 5.75 Å². The summed E-state index contributed by atoms with van der Waals surface area (Å²) in [4.78, 5) is 55.8. The zero-order valence-electron chi connectivity index (χ0n) is 23.2. The molecule has 0 aliphatic heterocycles. The smallest absolute Gasteiger partial charge is 0.405 e. The fourth-order valence-electron chi connectivity index (χ4n) is 4.17. The molecule has 12 nitrogen and oxygen atoms in total. The molecule has 0 spiro atoms. The Morgan fingerprint density at radius 1 is 1.14 bits per heavy atom. The molecule has 1 unspecified atom stereocenters. The highest BCUT2D eigenvalue weighted by Gasteiger charge is 2.21. The van der Waals surface area contributed by atoms with Gasteiger partial charge in [-0.3, -0.25) is 14.4 Å². The van der Waals surface area contributed by atoms with E-state index in [9.17, 15) is 32.3 Å². The Morgan fingerprint density at radius 2 is 1.93 bits per heavy atom. The number of imidazole rings is 1. The Labute approximate surface area is 247 Å². The van der Waals surface area contributed by atoms with Gasteiger partial charge in [0.25, 0.3) is 5.56 Å². The summed E-state index contributed by atoms with van der Waals surface area (Å²) in [6, 6.07) is 6.81. The predicted octanol–water partition coefficient (Wildman–Crippen LogP) is 3.43. The number of carbonyl (C=O) groups is 3. The molecule has 0 saturated carbocycles. The number of halogens is 3. The minimum atomic E-state index is -1.45. The van der Waals surface area contributed by atoms with Crippen LogP contribution in [0.2, 0.25) is 0 Å². The van der Waals surface area contributed by atoms with Gasteiger partial charge >= 0.3 is 6.09 Å². The summed E-state index contributed by atoms with van der Waals surface area (Å²) >= 11 is 0. The quantitative estimate of drug-likeness (QED) is 0.153. The summed E-state index contributed by atoms with van der Waals surface area (Å²) < 4.78 is 48.4. The highest BCUT2D eigenvalue weighted by atomic mass is 19.1. The number of pyridine rings is 1. The number of hydrogen-bond donors (Lipinski definition) is 5. The number of allylic oxidation sites excluding steroid dienone is 1. The molecular weight excluding hydrogens is 585 g/mol. The largest absolute Gasteiger partial charge is 0.486 e. The van der Waals surface area contributed by atoms with Gasteiger partial charge in [-0.2, -0.15) is 0 Å². The summed E-state index contributed by atoms with van der Waals surface area (Å²) in [6.45, 7) is -0.456. The number of H-pyrrole nitrogens is 1. The van der Waals surface area contributed by atoms with Gasteiger partial charge in [0.15, 0.2) is 5.75 Å². The molecule has 44 heavy (non-hydrogen) atoms. The van der Waals surface area contributed by atoms with Crippen LogP contribution in [-0.4, -0.2) is 50.6 Å². The van der Waals surface area contributed by atoms with Crippen molar-refractivity contribution in [3.63, 3.8) is 0 Å². The second-order valence-electron chi connectivity index (χ2n) is 9.45. The van der Waals surface area contributed by atoms with Crippen LogP contribution in [0.3, 0.4) is 0 Å². The zero-order valence-corrected chi connectivity index (χ0v) is 23.2. The topological polar surface area (TPSA) is 167 Å². The molecule has 5 N–H and O–H groups in total. The Kier molecular flexibility index (Phi) is 10.0. The third kappa shape index (κ3) is 8.02. The maximum atomic E-state index is 14.3. The van der Waals surface area contributed by atoms with Gasteiger partial charge in [-0.1, -0.05) is 6.08 Å². The summed E-state index contributed by atoms with van der Waals surface area (Å²) in [6.07, 6.45) is 2.92. The van der Waals surface area contributed by atoms with Crippen LogP contribution in [-0.2, 0) is 22.7 Å². The number of rotatable bonds is 12. The second kappa shape index (κ2) is 14.0. The average Bonchev–Trinajstić information content (AvgIpc) is 3.38. The highest BCUT2D eigenvalue weighted by Crippen LogP contribution is 2.27. The van der Waals surface area contributed by atoms with Crippen LogP contribution >= 0.6 is 0 Å². The standard InChI is InChI=1S/C29H27F3N6O6/c1-33-25(39)7-3-2-5-20(36-29(42)43)27(40)35-21-6-4-10-38(28(21)41)14-24-34-22-12-18(31)13-23(26(22)37-24)44-15-16-8-9-17(30)11-19(16)32/h3-4,6-13,20,36H,2,5,14-15H2,1H3,(H,33,39)(H,34,37)(H,35,40)(H,42,43)/b7-3+. The maximum Gasteiger partial charge on any atom is 0.405 e. The number of likely N-dealkylation sites (N-methyl/N-ethyl adjacent to an activating group) is 1. The number of benzene rings is 2. The summed E-state index contributed by atoms with van der Waals surface area (Å²) in [5, 5.41) is 16.1. The fourth-order valence-corrected chi connectivity index (χ4v) is 4.17. The normalized spacial score (nSPS) is 11.8. The first kappa shape index (κ1) is 31.3. The van der Waals surface area contributed by atoms with Crippen molar-refractivity contribution in [2.45, 2.75) is 32.0 Å². The number of ether oxygens (including phenoxy) is 1. The minimum Gasteiger partial charge on any atom is -0.486 e. The van der Waals surface area contributed by atoms with Crippen molar-refractivity contribution in [1.82, 2.24) is 25.2 Å². The lowest BCUT2D eigenvalue weighted by atomic mass is 10.1. The first-order valence-corrected chi connectivity index (χ1v) is 13.2. The number of aromatic amines is 1. The number of nitrogens with zero attached hydrogens (tertiary/aromatic N) is 2. The molecule has 0 fully saturated rings. The number of nitrogens with one attached hydrogen (secondary N) is 4. The maximum absolute atomic E-state index is 14.3. The van der Waals surface area contributed by atoms with E-state index in [0.717, 1.165) is 18.2 Å². The number of anilines is 1. The van der Waals surface area contributed by atoms with E-state index in [1.54, 1.807) is 0 Å². The molecule has 0 bridgehead atoms. The Bertz CT molecular complexity index is 1790. The van der Waals surface area contributed by atoms with Crippen molar-refractivity contribution < 1.29 is 37.4 Å². The van der Waals surface area contributed by atoms with E-state index in [1.807, 2.05) is 0 Å². The van der Waals surface area contributed by atoms with Crippen LogP contribution in [0.15, 0.2) is 65.6 Å². The summed E-state index contributed by atoms with van der Waals surface area (Å²) in [5.74, 6) is -3.18. The number of amides is 3. The first-order chi connectivity index (χ1) is 21.0. The van der Waals surface area contributed by atoms with Gasteiger partial charge in [-0.25, -0.2) is 22.9 Å². The molecule has 4 aromatic rings.